The van der Waals surface area contributed by atoms with Crippen molar-refractivity contribution in [1.82, 2.24) is 0 Å². The fourth-order valence-electron chi connectivity index (χ4n) is 0. The van der Waals surface area contributed by atoms with E-state index < -0.39 is 0 Å². The molecule has 0 aromatic heterocycles. The van der Waals surface area contributed by atoms with Crippen molar-refractivity contribution in [3.05, 3.63) is 0 Å². The molecule has 0 aliphatic carbocycles. The van der Waals surface area contributed by atoms with Gasteiger partial charge >= 0.3 is 71.4 Å². The van der Waals surface area contributed by atoms with Gasteiger partial charge in [-0.2, -0.15) is 0 Å². The zero-order chi connectivity index (χ0) is 2.00. The Morgan fingerprint density at radius 3 is 1.50 bits per heavy atom. The molecule has 0 amide bonds. The van der Waals surface area contributed by atoms with E-state index in [0.717, 1.165) is 0 Å². The van der Waals surface area contributed by atoms with Crippen molar-refractivity contribution in [1.29, 1.82) is 0 Å². The Labute approximate surface area is 76.0 Å². The molecule has 0 bridgehead atoms. The molecule has 1 nitrogen and oxygen atoms in total. The average Bonchev–Trinajstić information content (AvgIpc) is 1.00. The molecule has 4 heavy (non-hydrogen) atoms. The second kappa shape index (κ2) is 20.7. The van der Waals surface area contributed by atoms with Gasteiger partial charge in [0.2, 0.25) is 0 Å². The van der Waals surface area contributed by atoms with E-state index in [4.69, 9.17) is 3.80 Å². The molecule has 0 saturated carbocycles. The van der Waals surface area contributed by atoms with Crippen LogP contribution in [0.5, 0.6) is 0 Å². The molecule has 0 saturated heterocycles. The minimum atomic E-state index is 0. The van der Waals surface area contributed by atoms with Crippen molar-refractivity contribution in [2.75, 3.05) is 0 Å². The van der Waals surface area contributed by atoms with Crippen LogP contribution in [-0.4, -0.2) is 16.2 Å². The van der Waals surface area contributed by atoms with Gasteiger partial charge < -0.3 is 1.43 Å². The zero-order valence-electron chi connectivity index (χ0n) is 3.39. The van der Waals surface area contributed by atoms with Gasteiger partial charge in [-0.1, -0.05) is 0 Å². The van der Waals surface area contributed by atoms with E-state index >= 15 is 0 Å². The first-order valence-corrected chi connectivity index (χ1v) is 0.707. The topological polar surface area (TPSA) is 17.1 Å². The molecule has 0 unspecified atom stereocenters. The van der Waals surface area contributed by atoms with Crippen molar-refractivity contribution in [3.63, 3.8) is 0 Å². The molecule has 0 heterocycles. The Bertz CT molecular complexity index is 11.6. The third-order valence-corrected chi connectivity index (χ3v) is 0. The summed E-state index contributed by atoms with van der Waals surface area (Å²) in [6, 6.07) is 0. The molecule has 0 aliphatic heterocycles. The third kappa shape index (κ3) is 9.09. The van der Waals surface area contributed by atoms with Crippen LogP contribution in [-0.2, 0) is 3.80 Å². The van der Waals surface area contributed by atoms with Crippen molar-refractivity contribution in [3.8, 4) is 0 Å². The van der Waals surface area contributed by atoms with Gasteiger partial charge in [0.25, 0.3) is 0 Å². The Morgan fingerprint density at radius 1 is 1.50 bits per heavy atom. The fourth-order valence-corrected chi connectivity index (χ4v) is 0. The summed E-state index contributed by atoms with van der Waals surface area (Å²) in [5.74, 6) is 0. The molecule has 19 valence electrons. The minimum absolute atomic E-state index is 0. The van der Waals surface area contributed by atoms with Gasteiger partial charge in [-0.3, -0.25) is 4.70 Å². The van der Waals surface area contributed by atoms with Crippen LogP contribution in [0.2, 0.25) is 0 Å². The van der Waals surface area contributed by atoms with Crippen LogP contribution in [0, 0.1) is 0 Å². The molecular weight excluding hydrogens is 101 g/mol. The first-order valence-electron chi connectivity index (χ1n) is 0.236. The predicted octanol–water partition coefficient (Wildman–Crippen LogP) is -3.23. The normalized spacial score (nSPS) is 0.750. The van der Waals surface area contributed by atoms with Crippen molar-refractivity contribution < 1.29 is 61.3 Å². The Balaban J connectivity index is -0.00000000167. The average molecular weight is 103 g/mol. The quantitative estimate of drug-likeness (QED) is 0.295. The van der Waals surface area contributed by atoms with Gasteiger partial charge in [0.1, 0.15) is 0 Å². The molecule has 0 spiro atoms. The van der Waals surface area contributed by atoms with Crippen LogP contribution in [0.4, 0.5) is 4.70 Å². The van der Waals surface area contributed by atoms with Crippen molar-refractivity contribution >= 4 is 16.2 Å². The predicted molar refractivity (Wildman–Crippen MR) is 10.1 cm³/mol. The molecule has 1 radical (unpaired) electrons. The number of rotatable bonds is 0. The van der Waals surface area contributed by atoms with Gasteiger partial charge in [0, 0.05) is 0 Å². The summed E-state index contributed by atoms with van der Waals surface area (Å²) in [4.78, 5) is 0. The molecule has 0 atom stereocenters. The van der Waals surface area contributed by atoms with Crippen LogP contribution in [0.3, 0.4) is 0 Å². The van der Waals surface area contributed by atoms with Gasteiger partial charge in [-0.15, -0.1) is 0 Å². The summed E-state index contributed by atoms with van der Waals surface area (Å²) in [6.07, 6.45) is 0. The summed E-state index contributed by atoms with van der Waals surface area (Å²) in [6.45, 7) is 0. The number of hydrogen-bond acceptors (Lipinski definition) is 1. The molecule has 0 fully saturated rings. The summed E-state index contributed by atoms with van der Waals surface area (Å²) in [7, 11) is 0. The summed E-state index contributed by atoms with van der Waals surface area (Å²) in [5.41, 5.74) is 0. The van der Waals surface area contributed by atoms with E-state index in [1.807, 2.05) is 0 Å². The van der Waals surface area contributed by atoms with E-state index in [9.17, 15) is 0 Å². The van der Waals surface area contributed by atoms with Gasteiger partial charge in [-0.25, -0.2) is 0 Å². The van der Waals surface area contributed by atoms with Gasteiger partial charge in [0.15, 0.2) is 0 Å². The number of halogens is 1. The van der Waals surface area contributed by atoms with Crippen LogP contribution in [0.1, 0.15) is 1.43 Å². The third-order valence-electron chi connectivity index (χ3n) is 0. The van der Waals surface area contributed by atoms with E-state index in [0.29, 0.717) is 0 Å². The van der Waals surface area contributed by atoms with E-state index in [2.05, 4.69) is 0 Å². The van der Waals surface area contributed by atoms with Crippen molar-refractivity contribution in [2.45, 2.75) is 0 Å². The molecule has 0 rings (SSSR count). The zero-order valence-corrected chi connectivity index (χ0v) is 6.67. The summed E-state index contributed by atoms with van der Waals surface area (Å²) in [5, 5.41) is 0. The van der Waals surface area contributed by atoms with E-state index in [1.54, 1.807) is 0 Å². The van der Waals surface area contributed by atoms with Crippen LogP contribution >= 0.6 is 0 Å². The van der Waals surface area contributed by atoms with Crippen molar-refractivity contribution in [2.24, 2.45) is 0 Å². The molecule has 0 N–H and O–H groups in total. The second-order valence-electron chi connectivity index (χ2n) is 0. The first-order chi connectivity index (χ1) is 1.00. The number of hydrogen-bond donors (Lipinski definition) is 0. The van der Waals surface area contributed by atoms with E-state index in [1.165, 1.54) is 16.2 Å². The monoisotopic (exact) mass is 103 g/mol. The standard InChI is InChI=1S/Al.FH.K.O.H/h;1H;;;/q;;+1;;-1. The fraction of sp³-hybridized carbons (Fsp3) is 0. The maximum absolute atomic E-state index is 8.17. The van der Waals surface area contributed by atoms with Gasteiger partial charge in [-0.05, 0) is 0 Å². The Morgan fingerprint density at radius 2 is 1.50 bits per heavy atom. The Kier molecular flexibility index (Phi) is 87.0. The molecule has 0 aromatic rings. The summed E-state index contributed by atoms with van der Waals surface area (Å²) < 4.78 is 8.17. The first kappa shape index (κ1) is 16.8. The second-order valence-corrected chi connectivity index (χ2v) is 0. The van der Waals surface area contributed by atoms with Crippen LogP contribution < -0.4 is 51.4 Å². The molecule has 0 aliphatic rings. The van der Waals surface area contributed by atoms with Gasteiger partial charge in [0.05, 0.1) is 0 Å². The van der Waals surface area contributed by atoms with E-state index in [-0.39, 0.29) is 57.5 Å². The SMILES string of the molecule is F.[H-].[K+].[O]=[Al]. The van der Waals surface area contributed by atoms with Crippen LogP contribution in [0.25, 0.3) is 0 Å². The summed E-state index contributed by atoms with van der Waals surface area (Å²) >= 11 is 1.17. The Hall–Kier alpha value is 1.90. The molecule has 0 aromatic carbocycles. The maximum atomic E-state index is 8.17. The molecule has 4 heteroatoms. The molecular formula is H2AlFKO. The van der Waals surface area contributed by atoms with Crippen LogP contribution in [0.15, 0.2) is 0 Å².